The maximum atomic E-state index is 14.6. The molecule has 0 bridgehead atoms. The molecule has 214 valence electrons. The van der Waals surface area contributed by atoms with Gasteiger partial charge in [-0.05, 0) is 75.4 Å². The van der Waals surface area contributed by atoms with Crippen molar-refractivity contribution in [3.8, 4) is 5.75 Å². The molecule has 1 saturated carbocycles. The summed E-state index contributed by atoms with van der Waals surface area (Å²) in [5, 5.41) is 13.2. The van der Waals surface area contributed by atoms with Crippen molar-refractivity contribution in [2.24, 2.45) is 29.1 Å². The summed E-state index contributed by atoms with van der Waals surface area (Å²) in [6.45, 7) is 7.43. The number of phenolic OH excluding ortho intramolecular Hbond substituents is 1. The van der Waals surface area contributed by atoms with E-state index in [1.165, 1.54) is 9.80 Å². The summed E-state index contributed by atoms with van der Waals surface area (Å²) in [4.78, 5) is 59.2. The molecular weight excluding hydrogens is 528 g/mol. The summed E-state index contributed by atoms with van der Waals surface area (Å²) in [5.41, 5.74) is 0.0832. The summed E-state index contributed by atoms with van der Waals surface area (Å²) in [6, 6.07) is 20.1. The lowest BCUT2D eigenvalue weighted by atomic mass is 9.51. The molecule has 3 fully saturated rings. The average Bonchev–Trinajstić information content (AvgIpc) is 3.34. The predicted octanol–water partition coefficient (Wildman–Crippen LogP) is 5.57. The fourth-order valence-electron chi connectivity index (χ4n) is 8.40. The number of aromatic hydroxyl groups is 1. The molecule has 2 heterocycles. The van der Waals surface area contributed by atoms with Crippen LogP contribution >= 0.6 is 0 Å². The quantitative estimate of drug-likeness (QED) is 0.325. The number of rotatable bonds is 2. The Hall–Kier alpha value is -4.26. The number of fused-ring (bicyclic) bond motifs is 5. The highest BCUT2D eigenvalue weighted by Gasteiger charge is 2.68. The maximum Gasteiger partial charge on any atom is 0.241 e. The maximum absolute atomic E-state index is 14.6. The first-order valence-corrected chi connectivity index (χ1v) is 14.7. The van der Waals surface area contributed by atoms with Crippen LogP contribution in [0.2, 0.25) is 0 Å². The molecule has 4 aliphatic rings. The lowest BCUT2D eigenvalue weighted by molar-refractivity contribution is -0.145. The first kappa shape index (κ1) is 26.6. The lowest BCUT2D eigenvalue weighted by Gasteiger charge is -2.49. The molecule has 6 atom stereocenters. The molecule has 3 aromatic rings. The van der Waals surface area contributed by atoms with E-state index in [-0.39, 0.29) is 35.8 Å². The lowest BCUT2D eigenvalue weighted by Crippen LogP contribution is -2.49. The number of anilines is 1. The highest BCUT2D eigenvalue weighted by atomic mass is 16.3. The fraction of sp³-hybridized carbons (Fsp3) is 0.371. The number of likely N-dealkylation sites (tertiary alicyclic amines) is 1. The molecule has 0 spiro atoms. The third-order valence-electron chi connectivity index (χ3n) is 10.2. The number of nitrogens with zero attached hydrogens (tertiary/aromatic N) is 2. The standard InChI is InChI=1S/C35H34N2O5/c1-34(2,3)37-30(39)23-16-15-22-24(27(23)32(37)41)18-25-31(40)36(20-11-6-5-7-12-20)33(42)35(25,4)29(22)28-21-13-9-8-10-19(21)14-17-26(28)38/h5-15,17,23-25,27,29,38H,16,18H2,1-4H3. The van der Waals surface area contributed by atoms with Crippen LogP contribution in [-0.2, 0) is 19.2 Å². The highest BCUT2D eigenvalue weighted by molar-refractivity contribution is 6.24. The Bertz CT molecular complexity index is 1720. The van der Waals surface area contributed by atoms with Gasteiger partial charge in [0.15, 0.2) is 0 Å². The van der Waals surface area contributed by atoms with Gasteiger partial charge in [0.2, 0.25) is 23.6 Å². The minimum atomic E-state index is -1.21. The van der Waals surface area contributed by atoms with E-state index in [9.17, 15) is 24.3 Å². The monoisotopic (exact) mass is 562 g/mol. The zero-order valence-electron chi connectivity index (χ0n) is 24.2. The highest BCUT2D eigenvalue weighted by Crippen LogP contribution is 2.65. The van der Waals surface area contributed by atoms with E-state index in [1.807, 2.05) is 70.2 Å². The number of carbonyl (C=O) groups excluding carboxylic acids is 4. The van der Waals surface area contributed by atoms with Crippen LogP contribution in [0.25, 0.3) is 10.8 Å². The van der Waals surface area contributed by atoms with E-state index in [1.54, 1.807) is 30.3 Å². The Morgan fingerprint density at radius 3 is 2.24 bits per heavy atom. The molecule has 42 heavy (non-hydrogen) atoms. The van der Waals surface area contributed by atoms with Crippen molar-refractivity contribution in [2.75, 3.05) is 4.90 Å². The van der Waals surface area contributed by atoms with Crippen LogP contribution in [0.3, 0.4) is 0 Å². The molecule has 3 aromatic carbocycles. The van der Waals surface area contributed by atoms with E-state index >= 15 is 0 Å². The second kappa shape index (κ2) is 8.87. The average molecular weight is 563 g/mol. The van der Waals surface area contributed by atoms with E-state index in [0.717, 1.165) is 16.3 Å². The second-order valence-corrected chi connectivity index (χ2v) is 13.4. The molecule has 1 N–H and O–H groups in total. The number of hydrogen-bond acceptors (Lipinski definition) is 5. The van der Waals surface area contributed by atoms with Crippen molar-refractivity contribution in [3.63, 3.8) is 0 Å². The van der Waals surface area contributed by atoms with Gasteiger partial charge in [-0.25, -0.2) is 4.90 Å². The second-order valence-electron chi connectivity index (χ2n) is 13.4. The van der Waals surface area contributed by atoms with Crippen LogP contribution in [0, 0.1) is 29.1 Å². The first-order chi connectivity index (χ1) is 20.0. The van der Waals surface area contributed by atoms with E-state index < -0.39 is 40.5 Å². The molecule has 7 nitrogen and oxygen atoms in total. The van der Waals surface area contributed by atoms with Crippen LogP contribution < -0.4 is 4.90 Å². The molecule has 0 aromatic heterocycles. The van der Waals surface area contributed by atoms with Crippen molar-refractivity contribution < 1.29 is 24.3 Å². The number of phenols is 1. The molecule has 2 aliphatic heterocycles. The summed E-state index contributed by atoms with van der Waals surface area (Å²) < 4.78 is 0. The smallest absolute Gasteiger partial charge is 0.241 e. The van der Waals surface area contributed by atoms with Gasteiger partial charge in [-0.3, -0.25) is 24.1 Å². The molecule has 7 heteroatoms. The van der Waals surface area contributed by atoms with Crippen LogP contribution in [0.4, 0.5) is 5.69 Å². The number of imide groups is 2. The molecule has 2 saturated heterocycles. The predicted molar refractivity (Wildman–Crippen MR) is 158 cm³/mol. The minimum absolute atomic E-state index is 0.0471. The Morgan fingerprint density at radius 2 is 1.52 bits per heavy atom. The molecule has 2 aliphatic carbocycles. The summed E-state index contributed by atoms with van der Waals surface area (Å²) in [6.07, 6.45) is 2.69. The number of carbonyl (C=O) groups is 4. The molecule has 6 unspecified atom stereocenters. The van der Waals surface area contributed by atoms with Crippen molar-refractivity contribution in [1.29, 1.82) is 0 Å². The molecule has 0 radical (unpaired) electrons. The third-order valence-corrected chi connectivity index (χ3v) is 10.2. The third kappa shape index (κ3) is 3.39. The summed E-state index contributed by atoms with van der Waals surface area (Å²) >= 11 is 0. The van der Waals surface area contributed by atoms with Gasteiger partial charge in [0.1, 0.15) is 5.75 Å². The Morgan fingerprint density at radius 1 is 0.833 bits per heavy atom. The number of hydrogen-bond donors (Lipinski definition) is 1. The number of allylic oxidation sites excluding steroid dienone is 2. The van der Waals surface area contributed by atoms with E-state index in [0.29, 0.717) is 17.7 Å². The van der Waals surface area contributed by atoms with Crippen molar-refractivity contribution in [3.05, 3.63) is 83.9 Å². The number of amides is 4. The van der Waals surface area contributed by atoms with Crippen LogP contribution in [-0.4, -0.2) is 39.2 Å². The molecule has 4 amide bonds. The Labute approximate surface area is 244 Å². The van der Waals surface area contributed by atoms with E-state index in [4.69, 9.17) is 0 Å². The van der Waals surface area contributed by atoms with Gasteiger partial charge in [0.25, 0.3) is 0 Å². The number of para-hydroxylation sites is 1. The zero-order valence-corrected chi connectivity index (χ0v) is 24.2. The molecular formula is C35H34N2O5. The Balaban J connectivity index is 1.47. The van der Waals surface area contributed by atoms with Gasteiger partial charge in [-0.1, -0.05) is 60.2 Å². The van der Waals surface area contributed by atoms with Gasteiger partial charge in [0, 0.05) is 17.0 Å². The van der Waals surface area contributed by atoms with Gasteiger partial charge in [-0.2, -0.15) is 0 Å². The van der Waals surface area contributed by atoms with Gasteiger partial charge < -0.3 is 5.11 Å². The SMILES string of the molecule is CC12C(=O)N(c3ccccc3)C(=O)C1CC1C(=CCC3C(=O)N(C(C)(C)C)C(=O)C31)C2c1c(O)ccc2ccccc12. The van der Waals surface area contributed by atoms with Gasteiger partial charge in [-0.15, -0.1) is 0 Å². The Kier molecular flexibility index (Phi) is 5.62. The first-order valence-electron chi connectivity index (χ1n) is 14.7. The van der Waals surface area contributed by atoms with Crippen LogP contribution in [0.5, 0.6) is 5.75 Å². The van der Waals surface area contributed by atoms with Crippen molar-refractivity contribution in [2.45, 2.75) is 52.0 Å². The van der Waals surface area contributed by atoms with Crippen molar-refractivity contribution >= 4 is 40.1 Å². The van der Waals surface area contributed by atoms with Gasteiger partial charge in [0.05, 0.1) is 28.9 Å². The number of benzene rings is 3. The van der Waals surface area contributed by atoms with Gasteiger partial charge >= 0.3 is 0 Å². The van der Waals surface area contributed by atoms with Crippen molar-refractivity contribution in [1.82, 2.24) is 4.90 Å². The van der Waals surface area contributed by atoms with E-state index in [2.05, 4.69) is 0 Å². The fourth-order valence-corrected chi connectivity index (χ4v) is 8.40. The van der Waals surface area contributed by atoms with Crippen LogP contribution in [0.1, 0.15) is 52.0 Å². The van der Waals surface area contributed by atoms with Crippen LogP contribution in [0.15, 0.2) is 78.4 Å². The summed E-state index contributed by atoms with van der Waals surface area (Å²) in [7, 11) is 0. The summed E-state index contributed by atoms with van der Waals surface area (Å²) in [5.74, 6) is -3.89. The molecule has 7 rings (SSSR count). The zero-order chi connectivity index (χ0) is 29.7. The normalized spacial score (nSPS) is 30.9. The topological polar surface area (TPSA) is 95.0 Å². The minimum Gasteiger partial charge on any atom is -0.508 e. The largest absolute Gasteiger partial charge is 0.508 e.